The molecule has 0 aromatic rings. The number of unbranched alkanes of at least 4 members (excludes halogenated alkanes) is 1. The van der Waals surface area contributed by atoms with Gasteiger partial charge in [0.25, 0.3) is 0 Å². The van der Waals surface area contributed by atoms with E-state index >= 15 is 0 Å². The van der Waals surface area contributed by atoms with Crippen LogP contribution in [0.2, 0.25) is 0 Å². The Morgan fingerprint density at radius 1 is 1.36 bits per heavy atom. The number of nitrogens with one attached hydrogen (secondary N) is 1. The molecule has 0 aromatic carbocycles. The Labute approximate surface area is 68.9 Å². The average molecular weight is 154 g/mol. The molecule has 2 nitrogen and oxygen atoms in total. The van der Waals surface area contributed by atoms with Crippen LogP contribution in [-0.4, -0.2) is 18.6 Å². The second-order valence-corrected chi connectivity index (χ2v) is 3.23. The lowest BCUT2D eigenvalue weighted by Gasteiger charge is -2.10. The Bertz CT molecular complexity index is 132. The Morgan fingerprint density at radius 2 is 2.18 bits per heavy atom. The van der Waals surface area contributed by atoms with Crippen molar-refractivity contribution >= 4 is 0 Å². The number of hydrogen-bond donors (Lipinski definition) is 2. The molecule has 2 atom stereocenters. The van der Waals surface area contributed by atoms with E-state index in [1.165, 1.54) is 12.8 Å². The summed E-state index contributed by atoms with van der Waals surface area (Å²) in [6.07, 6.45) is 8.12. The van der Waals surface area contributed by atoms with Gasteiger partial charge in [-0.25, -0.2) is 0 Å². The smallest absolute Gasteiger partial charge is 0.0256 e. The number of nitrogens with two attached hydrogens (primary N) is 1. The van der Waals surface area contributed by atoms with Gasteiger partial charge in [-0.2, -0.15) is 0 Å². The van der Waals surface area contributed by atoms with Crippen LogP contribution >= 0.6 is 0 Å². The molecule has 0 fully saturated rings. The lowest BCUT2D eigenvalue weighted by Crippen LogP contribution is -2.28. The highest BCUT2D eigenvalue weighted by molar-refractivity contribution is 5.06. The van der Waals surface area contributed by atoms with E-state index in [1.54, 1.807) is 0 Å². The molecule has 64 valence electrons. The molecule has 3 N–H and O–H groups in total. The van der Waals surface area contributed by atoms with Crippen LogP contribution in [0.1, 0.15) is 26.2 Å². The van der Waals surface area contributed by atoms with Gasteiger partial charge < -0.3 is 11.1 Å². The highest BCUT2D eigenvalue weighted by Crippen LogP contribution is 2.08. The highest BCUT2D eigenvalue weighted by Gasteiger charge is 2.12. The van der Waals surface area contributed by atoms with Gasteiger partial charge in [-0.1, -0.05) is 18.6 Å². The topological polar surface area (TPSA) is 38.0 Å². The third kappa shape index (κ3) is 3.04. The molecule has 1 aliphatic rings. The molecule has 0 bridgehead atoms. The Balaban J connectivity index is 2.05. The van der Waals surface area contributed by atoms with Crippen LogP contribution in [0.15, 0.2) is 12.2 Å². The maximum absolute atomic E-state index is 5.40. The average Bonchev–Trinajstić information content (AvgIpc) is 2.37. The molecule has 0 spiro atoms. The van der Waals surface area contributed by atoms with Gasteiger partial charge in [0.05, 0.1) is 0 Å². The minimum absolute atomic E-state index is 0.567. The second kappa shape index (κ2) is 4.52. The summed E-state index contributed by atoms with van der Waals surface area (Å²) in [6, 6.07) is 1.18. The fourth-order valence-corrected chi connectivity index (χ4v) is 1.44. The van der Waals surface area contributed by atoms with Gasteiger partial charge in [0.2, 0.25) is 0 Å². The van der Waals surface area contributed by atoms with E-state index in [0.29, 0.717) is 12.1 Å². The van der Waals surface area contributed by atoms with Crippen LogP contribution in [0.5, 0.6) is 0 Å². The van der Waals surface area contributed by atoms with E-state index in [1.807, 2.05) is 0 Å². The summed E-state index contributed by atoms with van der Waals surface area (Å²) in [7, 11) is 0. The zero-order valence-electron chi connectivity index (χ0n) is 7.22. The maximum atomic E-state index is 5.40. The Kier molecular flexibility index (Phi) is 3.60. The minimum Gasteiger partial charge on any atom is -0.330 e. The SMILES string of the molecule is CC1C=CC(CCCCN)N1. The van der Waals surface area contributed by atoms with E-state index in [4.69, 9.17) is 5.73 Å². The first-order valence-corrected chi connectivity index (χ1v) is 4.47. The molecular formula is C9H18N2. The van der Waals surface area contributed by atoms with Crippen molar-refractivity contribution in [2.45, 2.75) is 38.3 Å². The second-order valence-electron chi connectivity index (χ2n) is 3.23. The van der Waals surface area contributed by atoms with Gasteiger partial charge in [0.15, 0.2) is 0 Å². The van der Waals surface area contributed by atoms with Crippen molar-refractivity contribution in [1.29, 1.82) is 0 Å². The summed E-state index contributed by atoms with van der Waals surface area (Å²) in [6.45, 7) is 3.01. The van der Waals surface area contributed by atoms with E-state index in [9.17, 15) is 0 Å². The van der Waals surface area contributed by atoms with Gasteiger partial charge in [-0.05, 0) is 26.3 Å². The predicted octanol–water partition coefficient (Wildman–Crippen LogP) is 1.03. The molecule has 0 radical (unpaired) electrons. The zero-order chi connectivity index (χ0) is 8.10. The van der Waals surface area contributed by atoms with E-state index in [0.717, 1.165) is 13.0 Å². The third-order valence-corrected chi connectivity index (χ3v) is 2.08. The van der Waals surface area contributed by atoms with Crippen molar-refractivity contribution < 1.29 is 0 Å². The Hall–Kier alpha value is -0.340. The molecule has 2 heteroatoms. The van der Waals surface area contributed by atoms with Gasteiger partial charge in [0, 0.05) is 12.1 Å². The van der Waals surface area contributed by atoms with Crippen molar-refractivity contribution in [3.63, 3.8) is 0 Å². The van der Waals surface area contributed by atoms with Crippen molar-refractivity contribution in [1.82, 2.24) is 5.32 Å². The van der Waals surface area contributed by atoms with Crippen LogP contribution in [0, 0.1) is 0 Å². The molecule has 0 aliphatic carbocycles. The van der Waals surface area contributed by atoms with Gasteiger partial charge in [-0.15, -0.1) is 0 Å². The molecule has 0 saturated carbocycles. The van der Waals surface area contributed by atoms with Crippen LogP contribution in [0.4, 0.5) is 0 Å². The van der Waals surface area contributed by atoms with E-state index in [2.05, 4.69) is 24.4 Å². The minimum atomic E-state index is 0.567. The van der Waals surface area contributed by atoms with Gasteiger partial charge >= 0.3 is 0 Å². The normalized spacial score (nSPS) is 29.6. The van der Waals surface area contributed by atoms with Gasteiger partial charge in [0.1, 0.15) is 0 Å². The summed E-state index contributed by atoms with van der Waals surface area (Å²) in [4.78, 5) is 0. The standard InChI is InChI=1S/C9H18N2/c1-8-5-6-9(11-8)4-2-3-7-10/h5-6,8-9,11H,2-4,7,10H2,1H3. The highest BCUT2D eigenvalue weighted by atomic mass is 15.0. The van der Waals surface area contributed by atoms with E-state index in [-0.39, 0.29) is 0 Å². The molecular weight excluding hydrogens is 136 g/mol. The fraction of sp³-hybridized carbons (Fsp3) is 0.778. The first kappa shape index (κ1) is 8.75. The van der Waals surface area contributed by atoms with Crippen molar-refractivity contribution in [3.8, 4) is 0 Å². The van der Waals surface area contributed by atoms with Crippen molar-refractivity contribution in [2.24, 2.45) is 5.73 Å². The summed E-state index contributed by atoms with van der Waals surface area (Å²) < 4.78 is 0. The summed E-state index contributed by atoms with van der Waals surface area (Å²) in [5, 5.41) is 3.46. The lowest BCUT2D eigenvalue weighted by molar-refractivity contribution is 0.532. The van der Waals surface area contributed by atoms with E-state index < -0.39 is 0 Å². The molecule has 1 rings (SSSR count). The molecule has 11 heavy (non-hydrogen) atoms. The first-order chi connectivity index (χ1) is 5.33. The maximum Gasteiger partial charge on any atom is 0.0256 e. The first-order valence-electron chi connectivity index (χ1n) is 4.47. The van der Waals surface area contributed by atoms with Crippen molar-refractivity contribution in [2.75, 3.05) is 6.54 Å². The molecule has 1 heterocycles. The number of rotatable bonds is 4. The number of hydrogen-bond acceptors (Lipinski definition) is 2. The molecule has 2 unspecified atom stereocenters. The lowest BCUT2D eigenvalue weighted by atomic mass is 10.1. The monoisotopic (exact) mass is 154 g/mol. The zero-order valence-corrected chi connectivity index (χ0v) is 7.22. The molecule has 0 aromatic heterocycles. The largest absolute Gasteiger partial charge is 0.330 e. The summed E-state index contributed by atoms with van der Waals surface area (Å²) in [5.41, 5.74) is 5.40. The summed E-state index contributed by atoms with van der Waals surface area (Å²) >= 11 is 0. The van der Waals surface area contributed by atoms with Crippen LogP contribution in [0.3, 0.4) is 0 Å². The quantitative estimate of drug-likeness (QED) is 0.469. The van der Waals surface area contributed by atoms with Crippen molar-refractivity contribution in [3.05, 3.63) is 12.2 Å². The van der Waals surface area contributed by atoms with Crippen LogP contribution in [0.25, 0.3) is 0 Å². The molecule has 0 saturated heterocycles. The van der Waals surface area contributed by atoms with Gasteiger partial charge in [-0.3, -0.25) is 0 Å². The third-order valence-electron chi connectivity index (χ3n) is 2.08. The predicted molar refractivity (Wildman–Crippen MR) is 48.4 cm³/mol. The van der Waals surface area contributed by atoms with Crippen LogP contribution in [-0.2, 0) is 0 Å². The summed E-state index contributed by atoms with van der Waals surface area (Å²) in [5.74, 6) is 0. The van der Waals surface area contributed by atoms with Crippen LogP contribution < -0.4 is 11.1 Å². The Morgan fingerprint density at radius 3 is 2.73 bits per heavy atom. The molecule has 1 aliphatic heterocycles. The fourth-order valence-electron chi connectivity index (χ4n) is 1.44. The molecule has 0 amide bonds.